The standard InChI is InChI=1S/C11H21ClN2O2/c1-2-16-11(15)10-14-8-6-13(7-9-14)5-3-4-12/h2-10H2,1H3. The summed E-state index contributed by atoms with van der Waals surface area (Å²) in [4.78, 5) is 15.8. The molecular weight excluding hydrogens is 228 g/mol. The lowest BCUT2D eigenvalue weighted by Gasteiger charge is -2.33. The first-order valence-corrected chi connectivity index (χ1v) is 6.46. The van der Waals surface area contributed by atoms with Gasteiger partial charge in [0.15, 0.2) is 0 Å². The number of esters is 1. The Morgan fingerprint density at radius 1 is 1.25 bits per heavy atom. The fraction of sp³-hybridized carbons (Fsp3) is 0.909. The lowest BCUT2D eigenvalue weighted by Crippen LogP contribution is -2.48. The quantitative estimate of drug-likeness (QED) is 0.514. The number of nitrogens with zero attached hydrogens (tertiary/aromatic N) is 2. The first-order chi connectivity index (χ1) is 7.76. The third-order valence-electron chi connectivity index (χ3n) is 2.73. The van der Waals surface area contributed by atoms with Gasteiger partial charge in [-0.1, -0.05) is 0 Å². The molecule has 0 atom stereocenters. The van der Waals surface area contributed by atoms with Crippen LogP contribution in [0.1, 0.15) is 13.3 Å². The first-order valence-electron chi connectivity index (χ1n) is 5.92. The summed E-state index contributed by atoms with van der Waals surface area (Å²) in [6, 6.07) is 0. The summed E-state index contributed by atoms with van der Waals surface area (Å²) in [6.45, 7) is 7.74. The van der Waals surface area contributed by atoms with Crippen molar-refractivity contribution in [3.8, 4) is 0 Å². The highest BCUT2D eigenvalue weighted by molar-refractivity contribution is 6.17. The van der Waals surface area contributed by atoms with Crippen molar-refractivity contribution in [2.75, 3.05) is 51.8 Å². The molecule has 0 aromatic heterocycles. The maximum atomic E-state index is 11.3. The maximum Gasteiger partial charge on any atom is 0.320 e. The lowest BCUT2D eigenvalue weighted by molar-refractivity contribution is -0.144. The molecule has 0 radical (unpaired) electrons. The van der Waals surface area contributed by atoms with E-state index >= 15 is 0 Å². The molecule has 1 saturated heterocycles. The van der Waals surface area contributed by atoms with Gasteiger partial charge in [0.05, 0.1) is 13.2 Å². The van der Waals surface area contributed by atoms with Crippen molar-refractivity contribution in [2.45, 2.75) is 13.3 Å². The summed E-state index contributed by atoms with van der Waals surface area (Å²) in [5.74, 6) is 0.611. The van der Waals surface area contributed by atoms with Crippen LogP contribution >= 0.6 is 11.6 Å². The van der Waals surface area contributed by atoms with E-state index in [0.717, 1.165) is 45.0 Å². The summed E-state index contributed by atoms with van der Waals surface area (Å²) in [5, 5.41) is 0. The molecule has 94 valence electrons. The number of carbonyl (C=O) groups is 1. The fourth-order valence-corrected chi connectivity index (χ4v) is 1.96. The first kappa shape index (κ1) is 13.7. The Kier molecular flexibility index (Phi) is 6.76. The van der Waals surface area contributed by atoms with Gasteiger partial charge < -0.3 is 9.64 Å². The predicted octanol–water partition coefficient (Wildman–Crippen LogP) is 0.796. The Morgan fingerprint density at radius 2 is 1.88 bits per heavy atom. The molecule has 16 heavy (non-hydrogen) atoms. The number of halogens is 1. The molecule has 5 heteroatoms. The van der Waals surface area contributed by atoms with E-state index in [0.29, 0.717) is 13.2 Å². The molecule has 0 unspecified atom stereocenters. The van der Waals surface area contributed by atoms with Crippen LogP contribution in [0.4, 0.5) is 0 Å². The monoisotopic (exact) mass is 248 g/mol. The third kappa shape index (κ3) is 5.14. The number of hydrogen-bond donors (Lipinski definition) is 0. The number of alkyl halides is 1. The van der Waals surface area contributed by atoms with E-state index in [9.17, 15) is 4.79 Å². The summed E-state index contributed by atoms with van der Waals surface area (Å²) in [7, 11) is 0. The normalized spacial score (nSPS) is 18.6. The zero-order valence-corrected chi connectivity index (χ0v) is 10.7. The number of carbonyl (C=O) groups excluding carboxylic acids is 1. The van der Waals surface area contributed by atoms with Crippen LogP contribution < -0.4 is 0 Å². The van der Waals surface area contributed by atoms with E-state index < -0.39 is 0 Å². The van der Waals surface area contributed by atoms with Crippen molar-refractivity contribution in [3.05, 3.63) is 0 Å². The van der Waals surface area contributed by atoms with Crippen LogP contribution in [0.3, 0.4) is 0 Å². The Bertz CT molecular complexity index is 206. The van der Waals surface area contributed by atoms with E-state index in [4.69, 9.17) is 16.3 Å². The summed E-state index contributed by atoms with van der Waals surface area (Å²) in [6.07, 6.45) is 1.04. The molecule has 1 aliphatic rings. The number of rotatable bonds is 6. The molecule has 1 aliphatic heterocycles. The molecule has 0 aromatic rings. The summed E-state index contributed by atoms with van der Waals surface area (Å²) >= 11 is 5.65. The fourth-order valence-electron chi connectivity index (χ4n) is 1.84. The Labute approximate surface area is 102 Å². The van der Waals surface area contributed by atoms with Gasteiger partial charge in [-0.2, -0.15) is 0 Å². The van der Waals surface area contributed by atoms with Crippen molar-refractivity contribution in [1.82, 2.24) is 9.80 Å². The molecule has 0 bridgehead atoms. The van der Waals surface area contributed by atoms with Crippen LogP contribution in [0.15, 0.2) is 0 Å². The van der Waals surface area contributed by atoms with Gasteiger partial charge in [0.1, 0.15) is 0 Å². The molecule has 0 amide bonds. The largest absolute Gasteiger partial charge is 0.465 e. The van der Waals surface area contributed by atoms with Crippen LogP contribution in [0, 0.1) is 0 Å². The molecule has 0 N–H and O–H groups in total. The number of hydrogen-bond acceptors (Lipinski definition) is 4. The highest BCUT2D eigenvalue weighted by atomic mass is 35.5. The number of ether oxygens (including phenoxy) is 1. The smallest absolute Gasteiger partial charge is 0.320 e. The molecule has 1 rings (SSSR count). The molecule has 0 spiro atoms. The lowest BCUT2D eigenvalue weighted by atomic mass is 10.3. The van der Waals surface area contributed by atoms with Crippen molar-refractivity contribution in [3.63, 3.8) is 0 Å². The molecular formula is C11H21ClN2O2. The average Bonchev–Trinajstić information content (AvgIpc) is 2.28. The zero-order chi connectivity index (χ0) is 11.8. The topological polar surface area (TPSA) is 32.8 Å². The van der Waals surface area contributed by atoms with Crippen molar-refractivity contribution in [2.24, 2.45) is 0 Å². The van der Waals surface area contributed by atoms with Crippen molar-refractivity contribution >= 4 is 17.6 Å². The van der Waals surface area contributed by atoms with E-state index in [2.05, 4.69) is 9.80 Å². The summed E-state index contributed by atoms with van der Waals surface area (Å²) < 4.78 is 4.92. The minimum atomic E-state index is -0.114. The SMILES string of the molecule is CCOC(=O)CN1CCN(CCCCl)CC1. The third-order valence-corrected chi connectivity index (χ3v) is 3.00. The second-order valence-electron chi connectivity index (χ2n) is 3.97. The van der Waals surface area contributed by atoms with Crippen LogP contribution in [-0.4, -0.2) is 67.5 Å². The predicted molar refractivity (Wildman–Crippen MR) is 64.9 cm³/mol. The highest BCUT2D eigenvalue weighted by Gasteiger charge is 2.18. The summed E-state index contributed by atoms with van der Waals surface area (Å²) in [5.41, 5.74) is 0. The van der Waals surface area contributed by atoms with Gasteiger partial charge in [-0.15, -0.1) is 11.6 Å². The van der Waals surface area contributed by atoms with Crippen LogP contribution in [0.25, 0.3) is 0 Å². The molecule has 0 saturated carbocycles. The maximum absolute atomic E-state index is 11.3. The van der Waals surface area contributed by atoms with E-state index in [1.54, 1.807) is 0 Å². The van der Waals surface area contributed by atoms with Gasteiger partial charge >= 0.3 is 5.97 Å². The molecule has 1 fully saturated rings. The second kappa shape index (κ2) is 7.87. The van der Waals surface area contributed by atoms with Gasteiger partial charge in [0.2, 0.25) is 0 Å². The van der Waals surface area contributed by atoms with Gasteiger partial charge in [-0.05, 0) is 19.9 Å². The van der Waals surface area contributed by atoms with Crippen LogP contribution in [0.2, 0.25) is 0 Å². The van der Waals surface area contributed by atoms with Crippen molar-refractivity contribution < 1.29 is 9.53 Å². The molecule has 0 aromatic carbocycles. The van der Waals surface area contributed by atoms with E-state index in [1.807, 2.05) is 6.92 Å². The number of piperazine rings is 1. The molecule has 4 nitrogen and oxygen atoms in total. The highest BCUT2D eigenvalue weighted by Crippen LogP contribution is 2.03. The van der Waals surface area contributed by atoms with Crippen LogP contribution in [-0.2, 0) is 9.53 Å². The van der Waals surface area contributed by atoms with Gasteiger partial charge in [0, 0.05) is 32.1 Å². The average molecular weight is 249 g/mol. The van der Waals surface area contributed by atoms with Crippen LogP contribution in [0.5, 0.6) is 0 Å². The molecule has 0 aliphatic carbocycles. The Balaban J connectivity index is 2.14. The van der Waals surface area contributed by atoms with Gasteiger partial charge in [0.25, 0.3) is 0 Å². The van der Waals surface area contributed by atoms with Gasteiger partial charge in [-0.3, -0.25) is 9.69 Å². The van der Waals surface area contributed by atoms with Gasteiger partial charge in [-0.25, -0.2) is 0 Å². The van der Waals surface area contributed by atoms with E-state index in [1.165, 1.54) is 0 Å². The Morgan fingerprint density at radius 3 is 2.44 bits per heavy atom. The second-order valence-corrected chi connectivity index (χ2v) is 4.34. The minimum absolute atomic E-state index is 0.114. The zero-order valence-electron chi connectivity index (χ0n) is 9.95. The minimum Gasteiger partial charge on any atom is -0.465 e. The van der Waals surface area contributed by atoms with E-state index in [-0.39, 0.29) is 5.97 Å². The molecule has 1 heterocycles. The van der Waals surface area contributed by atoms with Crippen molar-refractivity contribution in [1.29, 1.82) is 0 Å². The Hall–Kier alpha value is -0.320.